The largest absolute Gasteiger partial charge is 0.467 e. The van der Waals surface area contributed by atoms with Crippen molar-refractivity contribution in [3.05, 3.63) is 47.4 Å². The monoisotopic (exact) mass is 416 g/mol. The third-order valence-corrected chi connectivity index (χ3v) is 5.81. The molecular formula is C21H25ClN4O3. The van der Waals surface area contributed by atoms with Gasteiger partial charge in [0.15, 0.2) is 0 Å². The molecule has 154 valence electrons. The van der Waals surface area contributed by atoms with E-state index in [-0.39, 0.29) is 18.2 Å². The minimum atomic E-state index is -0.392. The highest BCUT2D eigenvalue weighted by Gasteiger charge is 2.35. The second kappa shape index (κ2) is 8.47. The van der Waals surface area contributed by atoms with Gasteiger partial charge >= 0.3 is 0 Å². The molecule has 2 aromatic rings. The maximum atomic E-state index is 12.9. The quantitative estimate of drug-likeness (QED) is 0.811. The van der Waals surface area contributed by atoms with E-state index in [0.29, 0.717) is 29.6 Å². The number of halogens is 1. The predicted molar refractivity (Wildman–Crippen MR) is 112 cm³/mol. The Morgan fingerprint density at radius 2 is 2.03 bits per heavy atom. The van der Waals surface area contributed by atoms with Gasteiger partial charge in [-0.2, -0.15) is 0 Å². The van der Waals surface area contributed by atoms with Crippen molar-refractivity contribution in [1.82, 2.24) is 9.80 Å². The van der Waals surface area contributed by atoms with Gasteiger partial charge in [0.2, 0.25) is 11.8 Å². The zero-order valence-corrected chi connectivity index (χ0v) is 17.2. The minimum absolute atomic E-state index is 0.0352. The Labute approximate surface area is 175 Å². The molecule has 2 saturated heterocycles. The normalized spacial score (nSPS) is 20.3. The van der Waals surface area contributed by atoms with Crippen molar-refractivity contribution >= 4 is 34.8 Å². The standard InChI is InChI=1S/C21H25ClN4O3/c1-24-6-8-25(9-7-24)19-5-4-16(22)12-18(19)23-21(28)15-11-20(27)26(13-15)14-17-3-2-10-29-17/h2-5,10,12,15H,6-9,11,13-14H2,1H3,(H,23,28). The van der Waals surface area contributed by atoms with Crippen LogP contribution in [0, 0.1) is 5.92 Å². The summed E-state index contributed by atoms with van der Waals surface area (Å²) in [7, 11) is 2.10. The molecule has 0 bridgehead atoms. The fourth-order valence-corrected chi connectivity index (χ4v) is 4.03. The second-order valence-electron chi connectivity index (χ2n) is 7.70. The lowest BCUT2D eigenvalue weighted by Gasteiger charge is -2.35. The van der Waals surface area contributed by atoms with Crippen molar-refractivity contribution in [1.29, 1.82) is 0 Å². The Morgan fingerprint density at radius 3 is 2.76 bits per heavy atom. The van der Waals surface area contributed by atoms with Crippen molar-refractivity contribution in [3.8, 4) is 0 Å². The zero-order chi connectivity index (χ0) is 20.4. The first-order chi connectivity index (χ1) is 14.0. The molecule has 2 aliphatic heterocycles. The summed E-state index contributed by atoms with van der Waals surface area (Å²) >= 11 is 6.20. The lowest BCUT2D eigenvalue weighted by atomic mass is 10.1. The molecule has 3 heterocycles. The lowest BCUT2D eigenvalue weighted by Crippen LogP contribution is -2.44. The summed E-state index contributed by atoms with van der Waals surface area (Å²) in [6.45, 7) is 4.48. The molecule has 0 aliphatic carbocycles. The molecule has 8 heteroatoms. The van der Waals surface area contributed by atoms with Gasteiger partial charge in [-0.3, -0.25) is 9.59 Å². The zero-order valence-electron chi connectivity index (χ0n) is 16.4. The maximum absolute atomic E-state index is 12.9. The van der Waals surface area contributed by atoms with Crippen LogP contribution >= 0.6 is 11.6 Å². The summed E-state index contributed by atoms with van der Waals surface area (Å²) in [5.74, 6) is 0.133. The number of likely N-dealkylation sites (tertiary alicyclic amines) is 1. The molecule has 1 aromatic carbocycles. The summed E-state index contributed by atoms with van der Waals surface area (Å²) in [4.78, 5) is 31.5. The van der Waals surface area contributed by atoms with Gasteiger partial charge in [0, 0.05) is 44.2 Å². The topological polar surface area (TPSA) is 69.0 Å². The number of rotatable bonds is 5. The number of anilines is 2. The Morgan fingerprint density at radius 1 is 1.24 bits per heavy atom. The smallest absolute Gasteiger partial charge is 0.229 e. The third-order valence-electron chi connectivity index (χ3n) is 5.57. The highest BCUT2D eigenvalue weighted by Crippen LogP contribution is 2.31. The predicted octanol–water partition coefficient (Wildman–Crippen LogP) is 2.67. The van der Waals surface area contributed by atoms with Crippen LogP contribution in [0.5, 0.6) is 0 Å². The summed E-state index contributed by atoms with van der Waals surface area (Å²) in [5, 5.41) is 3.59. The van der Waals surface area contributed by atoms with Crippen LogP contribution in [-0.4, -0.2) is 61.4 Å². The number of nitrogens with zero attached hydrogens (tertiary/aromatic N) is 3. The van der Waals surface area contributed by atoms with Crippen LogP contribution < -0.4 is 10.2 Å². The van der Waals surface area contributed by atoms with Gasteiger partial charge in [0.1, 0.15) is 5.76 Å². The Bertz CT molecular complexity index is 878. The van der Waals surface area contributed by atoms with E-state index in [9.17, 15) is 9.59 Å². The molecule has 0 radical (unpaired) electrons. The molecule has 1 aromatic heterocycles. The van der Waals surface area contributed by atoms with Crippen molar-refractivity contribution in [2.75, 3.05) is 50.0 Å². The SMILES string of the molecule is CN1CCN(c2ccc(Cl)cc2NC(=O)C2CC(=O)N(Cc3ccco3)C2)CC1. The van der Waals surface area contributed by atoms with Crippen LogP contribution in [0.2, 0.25) is 5.02 Å². The number of hydrogen-bond acceptors (Lipinski definition) is 5. The first-order valence-corrected chi connectivity index (χ1v) is 10.2. The summed E-state index contributed by atoms with van der Waals surface area (Å²) in [6, 6.07) is 9.19. The number of piperazine rings is 1. The van der Waals surface area contributed by atoms with Gasteiger partial charge < -0.3 is 24.4 Å². The van der Waals surface area contributed by atoms with Gasteiger partial charge in [0.05, 0.1) is 30.1 Å². The number of furan rings is 1. The van der Waals surface area contributed by atoms with E-state index in [1.807, 2.05) is 18.2 Å². The van der Waals surface area contributed by atoms with E-state index in [4.69, 9.17) is 16.0 Å². The molecule has 1 unspecified atom stereocenters. The first-order valence-electron chi connectivity index (χ1n) is 9.83. The molecule has 1 N–H and O–H groups in total. The average Bonchev–Trinajstić information content (AvgIpc) is 3.33. The van der Waals surface area contributed by atoms with Crippen LogP contribution in [0.4, 0.5) is 11.4 Å². The number of amides is 2. The van der Waals surface area contributed by atoms with Crippen molar-refractivity contribution < 1.29 is 14.0 Å². The molecule has 7 nitrogen and oxygen atoms in total. The number of nitrogens with one attached hydrogen (secondary N) is 1. The number of carbonyl (C=O) groups is 2. The summed E-state index contributed by atoms with van der Waals surface area (Å²) in [6.07, 6.45) is 1.79. The first kappa shape index (κ1) is 19.8. The van der Waals surface area contributed by atoms with E-state index < -0.39 is 5.92 Å². The highest BCUT2D eigenvalue weighted by molar-refractivity contribution is 6.31. The molecule has 2 aliphatic rings. The van der Waals surface area contributed by atoms with Gasteiger partial charge in [-0.05, 0) is 37.4 Å². The second-order valence-corrected chi connectivity index (χ2v) is 8.13. The summed E-state index contributed by atoms with van der Waals surface area (Å²) in [5.41, 5.74) is 1.66. The third kappa shape index (κ3) is 4.57. The van der Waals surface area contributed by atoms with Crippen LogP contribution in [-0.2, 0) is 16.1 Å². The number of hydrogen-bond donors (Lipinski definition) is 1. The van der Waals surface area contributed by atoms with Crippen molar-refractivity contribution in [2.45, 2.75) is 13.0 Å². The van der Waals surface area contributed by atoms with E-state index in [2.05, 4.69) is 22.2 Å². The molecule has 1 atom stereocenters. The van der Waals surface area contributed by atoms with E-state index in [0.717, 1.165) is 31.9 Å². The summed E-state index contributed by atoms with van der Waals surface area (Å²) < 4.78 is 5.32. The van der Waals surface area contributed by atoms with Crippen LogP contribution in [0.15, 0.2) is 41.0 Å². The van der Waals surface area contributed by atoms with Gasteiger partial charge in [-0.1, -0.05) is 11.6 Å². The Kier molecular flexibility index (Phi) is 5.78. The highest BCUT2D eigenvalue weighted by atomic mass is 35.5. The number of likely N-dealkylation sites (N-methyl/N-ethyl adjacent to an activating group) is 1. The van der Waals surface area contributed by atoms with E-state index in [1.54, 1.807) is 23.3 Å². The van der Waals surface area contributed by atoms with Crippen LogP contribution in [0.3, 0.4) is 0 Å². The molecule has 0 saturated carbocycles. The van der Waals surface area contributed by atoms with Gasteiger partial charge in [-0.25, -0.2) is 0 Å². The van der Waals surface area contributed by atoms with E-state index >= 15 is 0 Å². The lowest BCUT2D eigenvalue weighted by molar-refractivity contribution is -0.128. The van der Waals surface area contributed by atoms with Crippen LogP contribution in [0.25, 0.3) is 0 Å². The fourth-order valence-electron chi connectivity index (χ4n) is 3.86. The molecule has 2 fully saturated rings. The van der Waals surface area contributed by atoms with Crippen molar-refractivity contribution in [3.63, 3.8) is 0 Å². The fraction of sp³-hybridized carbons (Fsp3) is 0.429. The number of carbonyl (C=O) groups excluding carboxylic acids is 2. The minimum Gasteiger partial charge on any atom is -0.467 e. The van der Waals surface area contributed by atoms with Gasteiger partial charge in [-0.15, -0.1) is 0 Å². The molecular weight excluding hydrogens is 392 g/mol. The van der Waals surface area contributed by atoms with Crippen LogP contribution in [0.1, 0.15) is 12.2 Å². The Hall–Kier alpha value is -2.51. The number of benzene rings is 1. The molecule has 0 spiro atoms. The molecule has 2 amide bonds. The Balaban J connectivity index is 1.44. The molecule has 29 heavy (non-hydrogen) atoms. The molecule has 4 rings (SSSR count). The van der Waals surface area contributed by atoms with E-state index in [1.165, 1.54) is 0 Å². The van der Waals surface area contributed by atoms with Crippen molar-refractivity contribution in [2.24, 2.45) is 5.92 Å². The maximum Gasteiger partial charge on any atom is 0.229 e. The average molecular weight is 417 g/mol. The van der Waals surface area contributed by atoms with Gasteiger partial charge in [0.25, 0.3) is 0 Å².